The lowest BCUT2D eigenvalue weighted by Crippen LogP contribution is -2.17. The van der Waals surface area contributed by atoms with Gasteiger partial charge in [-0.3, -0.25) is 14.9 Å². The molecule has 0 aromatic heterocycles. The number of amides is 1. The highest BCUT2D eigenvalue weighted by Crippen LogP contribution is 2.29. The molecule has 0 fully saturated rings. The molecule has 2 aromatic rings. The van der Waals surface area contributed by atoms with Gasteiger partial charge in [0.15, 0.2) is 0 Å². The Labute approximate surface area is 139 Å². The summed E-state index contributed by atoms with van der Waals surface area (Å²) in [5.74, 6) is -0.206. The summed E-state index contributed by atoms with van der Waals surface area (Å²) in [6.07, 6.45) is 0. The van der Waals surface area contributed by atoms with Crippen LogP contribution in [0.4, 0.5) is 22.7 Å². The lowest BCUT2D eigenvalue weighted by Gasteiger charge is -2.10. The molecular formula is C17H16N4O3. The van der Waals surface area contributed by atoms with Gasteiger partial charge in [-0.15, -0.1) is 0 Å². The normalized spacial score (nSPS) is 10.1. The molecule has 2 rings (SSSR count). The van der Waals surface area contributed by atoms with Gasteiger partial charge in [-0.1, -0.05) is 13.8 Å². The SMILES string of the molecule is CC(C)C(=O)Nc1ccc(Nc2ccc(C#N)cc2[N+](=O)[O-])cc1. The van der Waals surface area contributed by atoms with Gasteiger partial charge in [0.2, 0.25) is 5.91 Å². The molecule has 7 heteroatoms. The predicted molar refractivity (Wildman–Crippen MR) is 91.0 cm³/mol. The minimum absolute atomic E-state index is 0.0848. The van der Waals surface area contributed by atoms with Crippen molar-refractivity contribution in [3.8, 4) is 6.07 Å². The van der Waals surface area contributed by atoms with Crippen LogP contribution in [-0.2, 0) is 4.79 Å². The number of nitriles is 1. The average Bonchev–Trinajstić information content (AvgIpc) is 2.56. The van der Waals surface area contributed by atoms with Gasteiger partial charge >= 0.3 is 0 Å². The van der Waals surface area contributed by atoms with Crippen molar-refractivity contribution in [2.24, 2.45) is 5.92 Å². The number of benzene rings is 2. The Balaban J connectivity index is 2.19. The minimum Gasteiger partial charge on any atom is -0.350 e. The number of nitro groups is 1. The summed E-state index contributed by atoms with van der Waals surface area (Å²) < 4.78 is 0. The summed E-state index contributed by atoms with van der Waals surface area (Å²) >= 11 is 0. The fourth-order valence-corrected chi connectivity index (χ4v) is 1.94. The number of nitrogens with zero attached hydrogens (tertiary/aromatic N) is 2. The Morgan fingerprint density at radius 2 is 1.79 bits per heavy atom. The molecule has 0 atom stereocenters. The maximum absolute atomic E-state index is 11.6. The fraction of sp³-hybridized carbons (Fsp3) is 0.176. The topological polar surface area (TPSA) is 108 Å². The van der Waals surface area contributed by atoms with Crippen molar-refractivity contribution in [1.29, 1.82) is 5.26 Å². The average molecular weight is 324 g/mol. The maximum Gasteiger partial charge on any atom is 0.293 e. The van der Waals surface area contributed by atoms with Gasteiger partial charge < -0.3 is 10.6 Å². The molecule has 122 valence electrons. The van der Waals surface area contributed by atoms with Crippen LogP contribution in [0.1, 0.15) is 19.4 Å². The summed E-state index contributed by atoms with van der Waals surface area (Å²) in [6, 6.07) is 12.9. The van der Waals surface area contributed by atoms with Gasteiger partial charge in [0.1, 0.15) is 5.69 Å². The Morgan fingerprint density at radius 1 is 1.17 bits per heavy atom. The van der Waals surface area contributed by atoms with Gasteiger partial charge in [-0.25, -0.2) is 0 Å². The first-order valence-electron chi connectivity index (χ1n) is 7.27. The van der Waals surface area contributed by atoms with E-state index in [2.05, 4.69) is 10.6 Å². The standard InChI is InChI=1S/C17H16N4O3/c1-11(2)17(22)20-14-6-4-13(5-7-14)19-15-8-3-12(10-18)9-16(15)21(23)24/h3-9,11,19H,1-2H3,(H,20,22). The largest absolute Gasteiger partial charge is 0.350 e. The van der Waals surface area contributed by atoms with Crippen molar-refractivity contribution in [2.75, 3.05) is 10.6 Å². The van der Waals surface area contributed by atoms with Crippen LogP contribution in [0.15, 0.2) is 42.5 Å². The minimum atomic E-state index is -0.541. The zero-order chi connectivity index (χ0) is 17.7. The highest BCUT2D eigenvalue weighted by molar-refractivity contribution is 5.92. The van der Waals surface area contributed by atoms with Gasteiger partial charge in [-0.2, -0.15) is 5.26 Å². The van der Waals surface area contributed by atoms with Crippen LogP contribution in [0.3, 0.4) is 0 Å². The van der Waals surface area contributed by atoms with E-state index >= 15 is 0 Å². The highest BCUT2D eigenvalue weighted by atomic mass is 16.6. The zero-order valence-electron chi connectivity index (χ0n) is 13.2. The molecule has 0 spiro atoms. The molecule has 2 N–H and O–H groups in total. The zero-order valence-corrected chi connectivity index (χ0v) is 13.2. The van der Waals surface area contributed by atoms with Crippen molar-refractivity contribution < 1.29 is 9.72 Å². The van der Waals surface area contributed by atoms with E-state index in [0.717, 1.165) is 0 Å². The highest BCUT2D eigenvalue weighted by Gasteiger charge is 2.15. The summed E-state index contributed by atoms with van der Waals surface area (Å²) in [5, 5.41) is 25.7. The van der Waals surface area contributed by atoms with E-state index in [4.69, 9.17) is 5.26 Å². The number of anilines is 3. The number of nitrogens with one attached hydrogen (secondary N) is 2. The van der Waals surface area contributed by atoms with Crippen molar-refractivity contribution in [1.82, 2.24) is 0 Å². The van der Waals surface area contributed by atoms with Gasteiger partial charge in [0.25, 0.3) is 5.69 Å². The van der Waals surface area contributed by atoms with Crippen LogP contribution in [0.25, 0.3) is 0 Å². The molecule has 0 unspecified atom stereocenters. The first kappa shape index (κ1) is 17.0. The van der Waals surface area contributed by atoms with Crippen LogP contribution in [0, 0.1) is 27.4 Å². The van der Waals surface area contributed by atoms with Gasteiger partial charge in [0, 0.05) is 23.4 Å². The molecule has 0 radical (unpaired) electrons. The van der Waals surface area contributed by atoms with Crippen LogP contribution >= 0.6 is 0 Å². The van der Waals surface area contributed by atoms with Crippen molar-refractivity contribution in [3.05, 3.63) is 58.1 Å². The van der Waals surface area contributed by atoms with E-state index in [0.29, 0.717) is 11.4 Å². The summed E-state index contributed by atoms with van der Waals surface area (Å²) in [5.41, 5.74) is 1.61. The molecule has 2 aromatic carbocycles. The Morgan fingerprint density at radius 3 is 2.33 bits per heavy atom. The summed E-state index contributed by atoms with van der Waals surface area (Å²) in [7, 11) is 0. The van der Waals surface area contributed by atoms with E-state index < -0.39 is 4.92 Å². The first-order valence-corrected chi connectivity index (χ1v) is 7.27. The summed E-state index contributed by atoms with van der Waals surface area (Å²) in [6.45, 7) is 3.60. The molecule has 0 heterocycles. The lowest BCUT2D eigenvalue weighted by atomic mass is 10.1. The van der Waals surface area contributed by atoms with Crippen molar-refractivity contribution >= 4 is 28.7 Å². The second kappa shape index (κ2) is 7.24. The number of hydrogen-bond acceptors (Lipinski definition) is 5. The van der Waals surface area contributed by atoms with Crippen LogP contribution in [0.2, 0.25) is 0 Å². The van der Waals surface area contributed by atoms with Crippen LogP contribution in [-0.4, -0.2) is 10.8 Å². The monoisotopic (exact) mass is 324 g/mol. The van der Waals surface area contributed by atoms with Crippen molar-refractivity contribution in [2.45, 2.75) is 13.8 Å². The molecule has 24 heavy (non-hydrogen) atoms. The third-order valence-electron chi connectivity index (χ3n) is 3.28. The number of carbonyl (C=O) groups is 1. The van der Waals surface area contributed by atoms with Gasteiger partial charge in [0.05, 0.1) is 16.6 Å². The number of carbonyl (C=O) groups excluding carboxylic acids is 1. The molecule has 0 saturated carbocycles. The lowest BCUT2D eigenvalue weighted by molar-refractivity contribution is -0.383. The molecule has 7 nitrogen and oxygen atoms in total. The number of rotatable bonds is 5. The second-order valence-electron chi connectivity index (χ2n) is 5.45. The molecule has 0 aliphatic carbocycles. The van der Waals surface area contributed by atoms with Crippen molar-refractivity contribution in [3.63, 3.8) is 0 Å². The van der Waals surface area contributed by atoms with E-state index in [1.54, 1.807) is 38.1 Å². The van der Waals surface area contributed by atoms with E-state index in [-0.39, 0.29) is 28.8 Å². The van der Waals surface area contributed by atoms with E-state index in [1.165, 1.54) is 18.2 Å². The molecule has 0 aliphatic heterocycles. The smallest absolute Gasteiger partial charge is 0.293 e. The molecule has 0 bridgehead atoms. The first-order chi connectivity index (χ1) is 11.4. The van der Waals surface area contributed by atoms with Crippen LogP contribution in [0.5, 0.6) is 0 Å². The van der Waals surface area contributed by atoms with Gasteiger partial charge in [-0.05, 0) is 36.4 Å². The van der Waals surface area contributed by atoms with E-state index in [9.17, 15) is 14.9 Å². The summed E-state index contributed by atoms with van der Waals surface area (Å²) in [4.78, 5) is 22.2. The third-order valence-corrected chi connectivity index (χ3v) is 3.28. The Kier molecular flexibility index (Phi) is 5.12. The van der Waals surface area contributed by atoms with E-state index in [1.807, 2.05) is 6.07 Å². The van der Waals surface area contributed by atoms with Crippen LogP contribution < -0.4 is 10.6 Å². The Hall–Kier alpha value is -3.40. The number of hydrogen-bond donors (Lipinski definition) is 2. The second-order valence-corrected chi connectivity index (χ2v) is 5.45. The quantitative estimate of drug-likeness (QED) is 0.642. The fourth-order valence-electron chi connectivity index (χ4n) is 1.94. The number of nitro benzene ring substituents is 1. The molecule has 0 saturated heterocycles. The molecular weight excluding hydrogens is 308 g/mol. The molecule has 1 amide bonds. The Bertz CT molecular complexity index is 808. The third kappa shape index (κ3) is 4.08. The molecule has 0 aliphatic rings. The predicted octanol–water partition coefficient (Wildman–Crippen LogP) is 3.80. The maximum atomic E-state index is 11.6.